The monoisotopic (exact) mass is 411 g/mol. The molecule has 1 aromatic rings. The Balaban J connectivity index is 1.33. The molecule has 0 atom stereocenters. The van der Waals surface area contributed by atoms with E-state index in [1.165, 1.54) is 102 Å². The largest absolute Gasteiger partial charge is 0.195 e. The Morgan fingerprint density at radius 2 is 1.38 bits per heavy atom. The molecule has 0 radical (unpaired) electrons. The molecule has 29 heavy (non-hydrogen) atoms. The van der Waals surface area contributed by atoms with Gasteiger partial charge < -0.3 is 0 Å². The molecule has 0 aliphatic heterocycles. The van der Waals surface area contributed by atoms with E-state index < -0.39 is 0 Å². The summed E-state index contributed by atoms with van der Waals surface area (Å²) >= 11 is 4.70. The first kappa shape index (κ1) is 22.7. The van der Waals surface area contributed by atoms with E-state index in [0.717, 1.165) is 29.4 Å². The molecule has 2 fully saturated rings. The number of nitrogens with zero attached hydrogens (tertiary/aromatic N) is 1. The van der Waals surface area contributed by atoms with Crippen LogP contribution >= 0.6 is 12.2 Å². The van der Waals surface area contributed by atoms with Crippen LogP contribution in [-0.2, 0) is 0 Å². The van der Waals surface area contributed by atoms with E-state index in [9.17, 15) is 0 Å². The average molecular weight is 412 g/mol. The molecule has 2 aliphatic carbocycles. The minimum atomic E-state index is 0.751. The molecule has 2 saturated carbocycles. The highest BCUT2D eigenvalue weighted by molar-refractivity contribution is 7.78. The Morgan fingerprint density at radius 1 is 0.793 bits per heavy atom. The van der Waals surface area contributed by atoms with Crippen LogP contribution in [0.15, 0.2) is 29.3 Å². The van der Waals surface area contributed by atoms with E-state index in [1.54, 1.807) is 0 Å². The first-order valence-corrected chi connectivity index (χ1v) is 12.9. The summed E-state index contributed by atoms with van der Waals surface area (Å²) in [5.74, 6) is 3.82. The molecule has 3 rings (SSSR count). The smallest absolute Gasteiger partial charge is 0.0739 e. The van der Waals surface area contributed by atoms with Crippen molar-refractivity contribution in [2.45, 2.75) is 109 Å². The first-order valence-electron chi connectivity index (χ1n) is 12.5. The number of hydrogen-bond donors (Lipinski definition) is 0. The lowest BCUT2D eigenvalue weighted by molar-refractivity contribution is 0.155. The van der Waals surface area contributed by atoms with Crippen LogP contribution in [0.5, 0.6) is 0 Å². The second-order valence-corrected chi connectivity index (χ2v) is 9.93. The van der Waals surface area contributed by atoms with Crippen molar-refractivity contribution < 1.29 is 0 Å². The number of unbranched alkanes of at least 4 members (excludes halogenated alkanes) is 5. The van der Waals surface area contributed by atoms with Gasteiger partial charge in [-0.05, 0) is 92.1 Å². The molecule has 160 valence electrons. The molecule has 2 heteroatoms. The van der Waals surface area contributed by atoms with Crippen molar-refractivity contribution in [3.8, 4) is 0 Å². The van der Waals surface area contributed by atoms with Crippen molar-refractivity contribution in [3.05, 3.63) is 29.8 Å². The quantitative estimate of drug-likeness (QED) is 0.212. The summed E-state index contributed by atoms with van der Waals surface area (Å²) in [5.41, 5.74) is 2.42. The molecule has 0 saturated heterocycles. The summed E-state index contributed by atoms with van der Waals surface area (Å²) in [6.45, 7) is 2.31. The zero-order valence-corrected chi connectivity index (χ0v) is 19.4. The predicted octanol–water partition coefficient (Wildman–Crippen LogP) is 9.25. The van der Waals surface area contributed by atoms with Gasteiger partial charge in [0.1, 0.15) is 0 Å². The fourth-order valence-corrected chi connectivity index (χ4v) is 6.06. The highest BCUT2D eigenvalue weighted by atomic mass is 32.1. The molecule has 0 unspecified atom stereocenters. The molecule has 0 amide bonds. The van der Waals surface area contributed by atoms with Gasteiger partial charge in [-0.2, -0.15) is 4.99 Å². The van der Waals surface area contributed by atoms with Gasteiger partial charge >= 0.3 is 0 Å². The number of hydrogen-bond acceptors (Lipinski definition) is 2. The maximum atomic E-state index is 4.70. The van der Waals surface area contributed by atoms with Gasteiger partial charge in [-0.3, -0.25) is 0 Å². The van der Waals surface area contributed by atoms with Gasteiger partial charge in [0, 0.05) is 0 Å². The summed E-state index contributed by atoms with van der Waals surface area (Å²) < 4.78 is 0. The Hall–Kier alpha value is -0.980. The molecule has 1 aromatic carbocycles. The Labute approximate surface area is 184 Å². The second-order valence-electron chi connectivity index (χ2n) is 9.74. The van der Waals surface area contributed by atoms with Gasteiger partial charge in [-0.1, -0.05) is 76.8 Å². The fourth-order valence-electron chi connectivity index (χ4n) is 5.96. The van der Waals surface area contributed by atoms with E-state index in [4.69, 9.17) is 12.2 Å². The number of benzene rings is 1. The number of aliphatic imine (C=N–C) groups is 1. The number of rotatable bonds is 10. The van der Waals surface area contributed by atoms with Crippen molar-refractivity contribution in [3.63, 3.8) is 0 Å². The average Bonchev–Trinajstić information content (AvgIpc) is 2.78. The summed E-state index contributed by atoms with van der Waals surface area (Å²) in [6, 6.07) is 8.69. The maximum Gasteiger partial charge on any atom is 0.0739 e. The lowest BCUT2D eigenvalue weighted by Gasteiger charge is -2.38. The van der Waals surface area contributed by atoms with Crippen molar-refractivity contribution in [1.29, 1.82) is 0 Å². The minimum Gasteiger partial charge on any atom is -0.195 e. The number of thiocarbonyl (C=S) groups is 1. The van der Waals surface area contributed by atoms with Gasteiger partial charge in [-0.25, -0.2) is 0 Å². The van der Waals surface area contributed by atoms with Crippen LogP contribution in [0.4, 0.5) is 5.69 Å². The van der Waals surface area contributed by atoms with E-state index in [0.29, 0.717) is 0 Å². The third-order valence-corrected chi connectivity index (χ3v) is 7.93. The summed E-state index contributed by atoms with van der Waals surface area (Å²) in [6.07, 6.45) is 21.9. The molecular formula is C27H41NS. The molecule has 1 nitrogen and oxygen atoms in total. The molecule has 0 heterocycles. The van der Waals surface area contributed by atoms with Crippen LogP contribution in [0.2, 0.25) is 0 Å². The van der Waals surface area contributed by atoms with E-state index >= 15 is 0 Å². The topological polar surface area (TPSA) is 12.4 Å². The Kier molecular flexibility index (Phi) is 9.91. The minimum absolute atomic E-state index is 0.751. The SMILES string of the molecule is CCCCCCCCC1CCC(C2CCC(c3ccc(N=C=S)cc3)CC2)CC1. The predicted molar refractivity (Wildman–Crippen MR) is 129 cm³/mol. The maximum absolute atomic E-state index is 4.70. The molecule has 0 spiro atoms. The third-order valence-electron chi connectivity index (χ3n) is 7.84. The Morgan fingerprint density at radius 3 is 2.00 bits per heavy atom. The molecule has 0 aromatic heterocycles. The molecule has 0 N–H and O–H groups in total. The Bertz CT molecular complexity index is 614. The zero-order chi connectivity index (χ0) is 20.3. The van der Waals surface area contributed by atoms with Gasteiger partial charge in [0.05, 0.1) is 10.8 Å². The third kappa shape index (κ3) is 7.34. The second kappa shape index (κ2) is 12.7. The van der Waals surface area contributed by atoms with Crippen molar-refractivity contribution in [1.82, 2.24) is 0 Å². The van der Waals surface area contributed by atoms with E-state index in [1.807, 2.05) is 0 Å². The summed E-state index contributed by atoms with van der Waals surface area (Å²) in [4.78, 5) is 4.07. The van der Waals surface area contributed by atoms with Crippen molar-refractivity contribution >= 4 is 23.1 Å². The van der Waals surface area contributed by atoms with Crippen LogP contribution in [0, 0.1) is 17.8 Å². The molecular weight excluding hydrogens is 370 g/mol. The van der Waals surface area contributed by atoms with Crippen LogP contribution in [0.25, 0.3) is 0 Å². The fraction of sp³-hybridized carbons (Fsp3) is 0.741. The van der Waals surface area contributed by atoms with Gasteiger partial charge in [0.15, 0.2) is 0 Å². The molecule has 2 aliphatic rings. The van der Waals surface area contributed by atoms with E-state index in [2.05, 4.69) is 41.3 Å². The van der Waals surface area contributed by atoms with Crippen LogP contribution in [0.3, 0.4) is 0 Å². The van der Waals surface area contributed by atoms with Gasteiger partial charge in [0.2, 0.25) is 0 Å². The molecule has 0 bridgehead atoms. The lowest BCUT2D eigenvalue weighted by atomic mass is 9.68. The van der Waals surface area contributed by atoms with Crippen LogP contribution in [0.1, 0.15) is 115 Å². The van der Waals surface area contributed by atoms with Crippen molar-refractivity contribution in [2.24, 2.45) is 22.7 Å². The van der Waals surface area contributed by atoms with Crippen molar-refractivity contribution in [2.75, 3.05) is 0 Å². The lowest BCUT2D eigenvalue weighted by Crippen LogP contribution is -2.25. The summed E-state index contributed by atoms with van der Waals surface area (Å²) in [7, 11) is 0. The van der Waals surface area contributed by atoms with E-state index in [-0.39, 0.29) is 0 Å². The van der Waals surface area contributed by atoms with Crippen LogP contribution in [-0.4, -0.2) is 5.16 Å². The van der Waals surface area contributed by atoms with Gasteiger partial charge in [-0.15, -0.1) is 0 Å². The summed E-state index contributed by atoms with van der Waals surface area (Å²) in [5, 5.41) is 2.46. The first-order chi connectivity index (χ1) is 14.3. The normalized spacial score (nSPS) is 27.3. The van der Waals surface area contributed by atoms with Gasteiger partial charge in [0.25, 0.3) is 0 Å². The standard InChI is InChI=1S/C27H41NS/c1-2-3-4-5-6-7-8-22-9-11-23(12-10-22)24-13-15-25(16-14-24)26-17-19-27(20-18-26)28-21-29/h17-20,22-25H,2-16H2,1H3. The zero-order valence-electron chi connectivity index (χ0n) is 18.6. The number of isothiocyanates is 1. The highest BCUT2D eigenvalue weighted by Gasteiger charge is 2.31. The van der Waals surface area contributed by atoms with Crippen LogP contribution < -0.4 is 0 Å². The highest BCUT2D eigenvalue weighted by Crippen LogP contribution is 2.44.